The van der Waals surface area contributed by atoms with Crippen LogP contribution in [0, 0.1) is 11.3 Å². The smallest absolute Gasteiger partial charge is 0.402 e. The topological polar surface area (TPSA) is 84.5 Å². The summed E-state index contributed by atoms with van der Waals surface area (Å²) < 4.78 is 0. The van der Waals surface area contributed by atoms with E-state index in [1.807, 2.05) is 13.0 Å². The zero-order valence-electron chi connectivity index (χ0n) is 4.57. The molecule has 0 aliphatic rings. The van der Waals surface area contributed by atoms with E-state index in [0.29, 0.717) is 6.42 Å². The van der Waals surface area contributed by atoms with Crippen LogP contribution in [-0.2, 0) is 0 Å². The minimum atomic E-state index is -2.17. The number of nitrogens with zero attached hydrogens (tertiary/aromatic N) is 1. The van der Waals surface area contributed by atoms with Crippen molar-refractivity contribution in [3.63, 3.8) is 0 Å². The summed E-state index contributed by atoms with van der Waals surface area (Å²) in [6.45, 7) is 1.82. The Morgan fingerprint density at radius 2 is 1.62 bits per heavy atom. The van der Waals surface area contributed by atoms with Crippen molar-refractivity contribution < 1.29 is 15.1 Å². The van der Waals surface area contributed by atoms with Crippen LogP contribution in [0.5, 0.6) is 0 Å². The summed E-state index contributed by atoms with van der Waals surface area (Å²) in [6, 6.07) is 1.93. The molecule has 0 heterocycles. The fraction of sp³-hybridized carbons (Fsp3) is 0.667. The summed E-state index contributed by atoms with van der Waals surface area (Å²) in [6.07, 6.45) is 0.625. The Kier molecular flexibility index (Phi) is 12.6. The van der Waals surface area contributed by atoms with Crippen LogP contribution < -0.4 is 0 Å². The van der Waals surface area contributed by atoms with E-state index < -0.39 is 7.32 Å². The molecule has 0 amide bonds. The standard InChI is InChI=1S/C3H5N.BH3O3/c1-2-3-4;2-1(3)4/h2H2,1H3;2-4H. The molecule has 0 aromatic rings. The zero-order valence-corrected chi connectivity index (χ0v) is 4.57. The van der Waals surface area contributed by atoms with E-state index in [9.17, 15) is 0 Å². The summed E-state index contributed by atoms with van der Waals surface area (Å²) in [7, 11) is -2.17. The lowest BCUT2D eigenvalue weighted by Crippen LogP contribution is -2.07. The van der Waals surface area contributed by atoms with Crippen LogP contribution in [0.4, 0.5) is 0 Å². The third-order valence-corrected chi connectivity index (χ3v) is 0.158. The molecule has 0 atom stereocenters. The van der Waals surface area contributed by atoms with Gasteiger partial charge >= 0.3 is 7.32 Å². The number of rotatable bonds is 0. The van der Waals surface area contributed by atoms with E-state index in [1.165, 1.54) is 0 Å². The molecule has 4 nitrogen and oxygen atoms in total. The second kappa shape index (κ2) is 9.66. The molecule has 0 fully saturated rings. The normalized spacial score (nSPS) is 5.88. The number of hydrogen-bond donors (Lipinski definition) is 3. The maximum absolute atomic E-state index is 7.62. The first-order valence-electron chi connectivity index (χ1n) is 2.06. The van der Waals surface area contributed by atoms with Crippen LogP contribution in [0.3, 0.4) is 0 Å². The van der Waals surface area contributed by atoms with E-state index in [0.717, 1.165) is 0 Å². The van der Waals surface area contributed by atoms with Crippen molar-refractivity contribution in [1.82, 2.24) is 0 Å². The first-order chi connectivity index (χ1) is 3.65. The Balaban J connectivity index is 0. The lowest BCUT2D eigenvalue weighted by Gasteiger charge is -1.69. The van der Waals surface area contributed by atoms with E-state index >= 15 is 0 Å². The van der Waals surface area contributed by atoms with Crippen molar-refractivity contribution in [2.24, 2.45) is 0 Å². The van der Waals surface area contributed by atoms with Crippen molar-refractivity contribution in [3.8, 4) is 6.07 Å². The molecule has 0 saturated carbocycles. The van der Waals surface area contributed by atoms with Crippen LogP contribution in [0.1, 0.15) is 13.3 Å². The van der Waals surface area contributed by atoms with Gasteiger partial charge in [-0.25, -0.2) is 0 Å². The van der Waals surface area contributed by atoms with Crippen LogP contribution in [0.25, 0.3) is 0 Å². The highest BCUT2D eigenvalue weighted by molar-refractivity contribution is 6.30. The maximum Gasteiger partial charge on any atom is 0.631 e. The number of hydrogen-bond acceptors (Lipinski definition) is 4. The molecule has 46 valence electrons. The fourth-order valence-corrected chi connectivity index (χ4v) is 0. The molecule has 0 saturated heterocycles. The molecule has 0 aliphatic carbocycles. The molecule has 0 radical (unpaired) electrons. The van der Waals surface area contributed by atoms with Gasteiger partial charge in [0, 0.05) is 6.42 Å². The molecule has 0 aliphatic heterocycles. The summed E-state index contributed by atoms with van der Waals surface area (Å²) >= 11 is 0. The quantitative estimate of drug-likeness (QED) is 0.350. The SMILES string of the molecule is CCC#N.OB(O)O. The van der Waals surface area contributed by atoms with E-state index in [2.05, 4.69) is 0 Å². The minimum Gasteiger partial charge on any atom is -0.402 e. The summed E-state index contributed by atoms with van der Waals surface area (Å²) in [5.74, 6) is 0. The van der Waals surface area contributed by atoms with Gasteiger partial charge in [-0.2, -0.15) is 5.26 Å². The average Bonchev–Trinajstić information content (AvgIpc) is 1.65. The van der Waals surface area contributed by atoms with Crippen molar-refractivity contribution >= 4 is 7.32 Å². The van der Waals surface area contributed by atoms with Gasteiger partial charge in [-0.3, -0.25) is 0 Å². The Labute approximate surface area is 48.2 Å². The van der Waals surface area contributed by atoms with Crippen LogP contribution in [0.2, 0.25) is 0 Å². The highest BCUT2D eigenvalue weighted by Crippen LogP contribution is 1.58. The molecule has 8 heavy (non-hydrogen) atoms. The summed E-state index contributed by atoms with van der Waals surface area (Å²) in [4.78, 5) is 0. The minimum absolute atomic E-state index is 0.625. The van der Waals surface area contributed by atoms with Gasteiger partial charge in [0.1, 0.15) is 0 Å². The van der Waals surface area contributed by atoms with Crippen LogP contribution >= 0.6 is 0 Å². The lowest BCUT2D eigenvalue weighted by atomic mass is 10.3. The molecule has 0 aromatic heterocycles. The van der Waals surface area contributed by atoms with Gasteiger partial charge in [0.25, 0.3) is 0 Å². The van der Waals surface area contributed by atoms with E-state index in [-0.39, 0.29) is 0 Å². The molecular weight excluding hydrogens is 109 g/mol. The number of nitriles is 1. The first kappa shape index (κ1) is 10.4. The molecule has 0 bridgehead atoms. The Hall–Kier alpha value is -0.565. The zero-order chi connectivity index (χ0) is 6.99. The van der Waals surface area contributed by atoms with Crippen LogP contribution in [0.15, 0.2) is 0 Å². The summed E-state index contributed by atoms with van der Waals surface area (Å²) in [5.41, 5.74) is 0. The predicted octanol–water partition coefficient (Wildman–Crippen LogP) is -1.13. The fourth-order valence-electron chi connectivity index (χ4n) is 0. The second-order valence-corrected chi connectivity index (χ2v) is 0.858. The molecule has 5 heteroatoms. The van der Waals surface area contributed by atoms with Crippen molar-refractivity contribution in [1.29, 1.82) is 5.26 Å². The Morgan fingerprint density at radius 1 is 1.50 bits per heavy atom. The molecule has 0 unspecified atom stereocenters. The average molecular weight is 117 g/mol. The van der Waals surface area contributed by atoms with Gasteiger partial charge in [0.15, 0.2) is 0 Å². The van der Waals surface area contributed by atoms with Gasteiger partial charge in [-0.1, -0.05) is 6.92 Å². The second-order valence-electron chi connectivity index (χ2n) is 0.858. The largest absolute Gasteiger partial charge is 0.631 e. The van der Waals surface area contributed by atoms with Gasteiger partial charge in [0.05, 0.1) is 6.07 Å². The Morgan fingerprint density at radius 3 is 1.62 bits per heavy atom. The highest BCUT2D eigenvalue weighted by Gasteiger charge is 1.92. The highest BCUT2D eigenvalue weighted by atomic mass is 16.5. The lowest BCUT2D eigenvalue weighted by molar-refractivity contribution is 0.278. The molecule has 0 spiro atoms. The predicted molar refractivity (Wildman–Crippen MR) is 28.3 cm³/mol. The third kappa shape index (κ3) is 565. The van der Waals surface area contributed by atoms with E-state index in [1.54, 1.807) is 0 Å². The van der Waals surface area contributed by atoms with Gasteiger partial charge in [-0.15, -0.1) is 0 Å². The molecule has 0 rings (SSSR count). The van der Waals surface area contributed by atoms with Gasteiger partial charge in [-0.05, 0) is 0 Å². The molecule has 3 N–H and O–H groups in total. The molecule has 0 aromatic carbocycles. The van der Waals surface area contributed by atoms with E-state index in [4.69, 9.17) is 20.3 Å². The summed E-state index contributed by atoms with van der Waals surface area (Å²) in [5, 5.41) is 29.1. The van der Waals surface area contributed by atoms with Crippen LogP contribution in [-0.4, -0.2) is 22.4 Å². The van der Waals surface area contributed by atoms with Gasteiger partial charge < -0.3 is 15.1 Å². The Bertz CT molecular complexity index is 66.7. The van der Waals surface area contributed by atoms with Crippen molar-refractivity contribution in [3.05, 3.63) is 0 Å². The third-order valence-electron chi connectivity index (χ3n) is 0.158. The first-order valence-corrected chi connectivity index (χ1v) is 2.06. The van der Waals surface area contributed by atoms with Gasteiger partial charge in [0.2, 0.25) is 0 Å². The van der Waals surface area contributed by atoms with Crippen molar-refractivity contribution in [2.45, 2.75) is 13.3 Å². The van der Waals surface area contributed by atoms with Crippen molar-refractivity contribution in [2.75, 3.05) is 0 Å². The monoisotopic (exact) mass is 117 g/mol. The maximum atomic E-state index is 7.62. The molecular formula is C3H8BNO3.